The van der Waals surface area contributed by atoms with Gasteiger partial charge in [0.2, 0.25) is 15.8 Å². The van der Waals surface area contributed by atoms with E-state index in [-0.39, 0.29) is 18.1 Å². The average Bonchev–Trinajstić information content (AvgIpc) is 2.87. The van der Waals surface area contributed by atoms with Crippen LogP contribution < -0.4 is 14.2 Å². The largest absolute Gasteiger partial charge is 0.489 e. The molecular weight excluding hydrogens is 498 g/mol. The van der Waals surface area contributed by atoms with Crippen LogP contribution in [-0.2, 0) is 30.7 Å². The molecule has 0 spiro atoms. The summed E-state index contributed by atoms with van der Waals surface area (Å²) in [6.45, 7) is 7.45. The first kappa shape index (κ1) is 30.0. The van der Waals surface area contributed by atoms with Gasteiger partial charge < -0.3 is 24.1 Å². The predicted molar refractivity (Wildman–Crippen MR) is 144 cm³/mol. The Morgan fingerprint density at radius 2 is 1.68 bits per heavy atom. The van der Waals surface area contributed by atoms with Gasteiger partial charge >= 0.3 is 5.97 Å². The van der Waals surface area contributed by atoms with Gasteiger partial charge in [-0.15, -0.1) is 0 Å². The predicted octanol–water partition coefficient (Wildman–Crippen LogP) is 4.73. The van der Waals surface area contributed by atoms with Crippen LogP contribution in [0.1, 0.15) is 44.7 Å². The highest BCUT2D eigenvalue weighted by Gasteiger charge is 2.12. The van der Waals surface area contributed by atoms with Crippen molar-refractivity contribution in [3.05, 3.63) is 59.4 Å². The third kappa shape index (κ3) is 11.1. The molecule has 0 aromatic heterocycles. The van der Waals surface area contributed by atoms with Crippen molar-refractivity contribution in [3.63, 3.8) is 0 Å². The van der Waals surface area contributed by atoms with Crippen LogP contribution in [-0.4, -0.2) is 58.3 Å². The zero-order valence-electron chi connectivity index (χ0n) is 21.7. The quantitative estimate of drug-likeness (QED) is 0.160. The van der Waals surface area contributed by atoms with Gasteiger partial charge in [0, 0.05) is 18.7 Å². The minimum absolute atomic E-state index is 0.103. The average molecular weight is 536 g/mol. The maximum Gasteiger partial charge on any atom is 0.371 e. The molecule has 0 radical (unpaired) electrons. The van der Waals surface area contributed by atoms with E-state index >= 15 is 0 Å². The molecular formula is C27H37NO8S. The number of ether oxygens (including phenoxy) is 4. The van der Waals surface area contributed by atoms with E-state index in [1.165, 1.54) is 6.08 Å². The van der Waals surface area contributed by atoms with Crippen molar-refractivity contribution in [2.24, 2.45) is 0 Å². The number of anilines is 1. The second-order valence-corrected chi connectivity index (χ2v) is 9.91. The molecule has 0 aliphatic rings. The van der Waals surface area contributed by atoms with E-state index in [1.54, 1.807) is 37.3 Å². The van der Waals surface area contributed by atoms with Gasteiger partial charge in [-0.1, -0.05) is 31.5 Å². The number of nitrogens with one attached hydrogen (secondary N) is 1. The van der Waals surface area contributed by atoms with Gasteiger partial charge in [-0.25, -0.2) is 13.2 Å². The summed E-state index contributed by atoms with van der Waals surface area (Å²) in [7, 11) is -3.34. The number of sulfonamides is 1. The summed E-state index contributed by atoms with van der Waals surface area (Å²) in [5, 5.41) is 9.32. The van der Waals surface area contributed by atoms with Crippen LogP contribution in [0.3, 0.4) is 0 Å². The normalized spacial score (nSPS) is 11.7. The van der Waals surface area contributed by atoms with Crippen molar-refractivity contribution in [1.82, 2.24) is 0 Å². The number of unbranched alkanes of at least 4 members (excludes halogenated alkanes) is 1. The summed E-state index contributed by atoms with van der Waals surface area (Å²) >= 11 is 0. The molecule has 0 saturated heterocycles. The number of carboxylic acid groups (broad SMARTS) is 1. The number of carboxylic acids is 1. The Labute approximate surface area is 219 Å². The fraction of sp³-hybridized carbons (Fsp3) is 0.444. The fourth-order valence-corrected chi connectivity index (χ4v) is 4.52. The Bertz CT molecular complexity index is 1110. The number of hydrogen-bond donors (Lipinski definition) is 2. The molecule has 2 aromatic rings. The third-order valence-electron chi connectivity index (χ3n) is 5.11. The maximum absolute atomic E-state index is 12.1. The summed E-state index contributed by atoms with van der Waals surface area (Å²) in [4.78, 5) is 11.4. The summed E-state index contributed by atoms with van der Waals surface area (Å²) < 4.78 is 49.1. The summed E-state index contributed by atoms with van der Waals surface area (Å²) in [6, 6.07) is 12.3. The first-order valence-corrected chi connectivity index (χ1v) is 14.1. The van der Waals surface area contributed by atoms with E-state index < -0.39 is 16.0 Å². The van der Waals surface area contributed by atoms with E-state index in [1.807, 2.05) is 26.0 Å². The Hall–Kier alpha value is -3.24. The molecule has 0 saturated carbocycles. The number of hydrogen-bond acceptors (Lipinski definition) is 7. The molecule has 2 rings (SSSR count). The molecule has 9 nitrogen and oxygen atoms in total. The molecule has 0 unspecified atom stereocenters. The van der Waals surface area contributed by atoms with Gasteiger partial charge in [0.25, 0.3) is 0 Å². The van der Waals surface area contributed by atoms with Crippen LogP contribution in [0, 0.1) is 0 Å². The number of rotatable bonds is 18. The van der Waals surface area contributed by atoms with Gasteiger partial charge in [0.15, 0.2) is 11.5 Å². The first-order chi connectivity index (χ1) is 17.8. The lowest BCUT2D eigenvalue weighted by Gasteiger charge is -2.14. The van der Waals surface area contributed by atoms with Crippen LogP contribution in [0.2, 0.25) is 0 Å². The van der Waals surface area contributed by atoms with Crippen molar-refractivity contribution in [3.8, 4) is 11.5 Å². The van der Waals surface area contributed by atoms with Gasteiger partial charge in [0.05, 0.1) is 25.6 Å². The number of benzene rings is 2. The molecule has 0 atom stereocenters. The highest BCUT2D eigenvalue weighted by atomic mass is 32.2. The third-order valence-corrected chi connectivity index (χ3v) is 6.48. The molecule has 204 valence electrons. The lowest BCUT2D eigenvalue weighted by molar-refractivity contribution is -0.136. The molecule has 0 heterocycles. The summed E-state index contributed by atoms with van der Waals surface area (Å²) in [5.41, 5.74) is 2.11. The highest BCUT2D eigenvalue weighted by molar-refractivity contribution is 7.92. The standard InChI is InChI=1S/C27H37NO8S/c1-4-7-18-37(31,32)28-23-11-8-21(9-12-23)14-15-35-24-13-10-22(20-26(27(29)30)34-6-3)19-25(24)36-17-16-33-5-2/h8-13,19-20,28H,4-7,14-18H2,1-3H3,(H,29,30). The molecule has 37 heavy (non-hydrogen) atoms. The molecule has 2 aromatic carbocycles. The Kier molecular flexibility index (Phi) is 12.8. The van der Waals surface area contributed by atoms with Gasteiger partial charge in [-0.3, -0.25) is 4.72 Å². The molecule has 0 aliphatic carbocycles. The minimum atomic E-state index is -3.34. The van der Waals surface area contributed by atoms with Crippen LogP contribution in [0.15, 0.2) is 48.2 Å². The Morgan fingerprint density at radius 3 is 2.32 bits per heavy atom. The smallest absolute Gasteiger partial charge is 0.371 e. The van der Waals surface area contributed by atoms with E-state index in [9.17, 15) is 18.3 Å². The van der Waals surface area contributed by atoms with E-state index in [2.05, 4.69) is 4.72 Å². The highest BCUT2D eigenvalue weighted by Crippen LogP contribution is 2.30. The van der Waals surface area contributed by atoms with Crippen LogP contribution >= 0.6 is 0 Å². The lowest BCUT2D eigenvalue weighted by atomic mass is 10.1. The fourth-order valence-electron chi connectivity index (χ4n) is 3.26. The van der Waals surface area contributed by atoms with Gasteiger partial charge in [0.1, 0.15) is 6.61 Å². The second-order valence-electron chi connectivity index (χ2n) is 8.07. The molecule has 2 N–H and O–H groups in total. The topological polar surface area (TPSA) is 120 Å². The zero-order chi connectivity index (χ0) is 27.1. The molecule has 10 heteroatoms. The van der Waals surface area contributed by atoms with Crippen LogP contribution in [0.25, 0.3) is 6.08 Å². The lowest BCUT2D eigenvalue weighted by Crippen LogP contribution is -2.16. The van der Waals surface area contributed by atoms with E-state index in [0.29, 0.717) is 62.0 Å². The van der Waals surface area contributed by atoms with Crippen molar-refractivity contribution in [2.45, 2.75) is 40.0 Å². The minimum Gasteiger partial charge on any atom is -0.489 e. The molecule has 0 fully saturated rings. The van der Waals surface area contributed by atoms with Crippen molar-refractivity contribution in [2.75, 3.05) is 43.5 Å². The zero-order valence-corrected chi connectivity index (χ0v) is 22.5. The second kappa shape index (κ2) is 15.8. The summed E-state index contributed by atoms with van der Waals surface area (Å²) in [5.74, 6) is -0.228. The Morgan fingerprint density at radius 1 is 0.946 bits per heavy atom. The van der Waals surface area contributed by atoms with Crippen LogP contribution in [0.5, 0.6) is 11.5 Å². The van der Waals surface area contributed by atoms with Crippen molar-refractivity contribution >= 4 is 27.8 Å². The first-order valence-electron chi connectivity index (χ1n) is 12.4. The van der Waals surface area contributed by atoms with Crippen molar-refractivity contribution in [1.29, 1.82) is 0 Å². The number of aliphatic carboxylic acids is 1. The van der Waals surface area contributed by atoms with Gasteiger partial charge in [-0.2, -0.15) is 0 Å². The van der Waals surface area contributed by atoms with E-state index in [4.69, 9.17) is 18.9 Å². The van der Waals surface area contributed by atoms with Crippen LogP contribution in [0.4, 0.5) is 5.69 Å². The van der Waals surface area contributed by atoms with E-state index in [0.717, 1.165) is 12.0 Å². The van der Waals surface area contributed by atoms with Crippen molar-refractivity contribution < 1.29 is 37.3 Å². The monoisotopic (exact) mass is 535 g/mol. The molecule has 0 aliphatic heterocycles. The molecule has 0 bridgehead atoms. The Balaban J connectivity index is 2.05. The molecule has 0 amide bonds. The summed E-state index contributed by atoms with van der Waals surface area (Å²) in [6.07, 6.45) is 3.46. The number of carbonyl (C=O) groups is 1. The maximum atomic E-state index is 12.1. The van der Waals surface area contributed by atoms with Gasteiger partial charge in [-0.05, 0) is 61.7 Å². The SMILES string of the molecule is CCCCS(=O)(=O)Nc1ccc(CCOc2ccc(C=C(OCC)C(=O)O)cc2OCCOCC)cc1.